The van der Waals surface area contributed by atoms with E-state index >= 15 is 14.4 Å². The minimum atomic E-state index is -1.75. The number of nitrogens with two attached hydrogens (primary N) is 2. The summed E-state index contributed by atoms with van der Waals surface area (Å²) in [5.74, 6) is -9.92. The van der Waals surface area contributed by atoms with Gasteiger partial charge in [-0.25, -0.2) is 4.79 Å². The van der Waals surface area contributed by atoms with E-state index in [4.69, 9.17) is 11.5 Å². The Labute approximate surface area is 523 Å². The van der Waals surface area contributed by atoms with Gasteiger partial charge < -0.3 is 74.3 Å². The third-order valence-corrected chi connectivity index (χ3v) is 17.5. The molecule has 2 heterocycles. The molecule has 25 heteroatoms. The minimum Gasteiger partial charge on any atom is -0.508 e. The van der Waals surface area contributed by atoms with E-state index in [-0.39, 0.29) is 55.9 Å². The molecule has 11 atom stereocenters. The number of para-hydroxylation sites is 1. The predicted molar refractivity (Wildman–Crippen MR) is 340 cm³/mol. The Morgan fingerprint density at radius 1 is 0.562 bits per heavy atom. The zero-order valence-corrected chi connectivity index (χ0v) is 50.9. The highest BCUT2D eigenvalue weighted by atomic mass is 33.1. The second kappa shape index (κ2) is 33.6. The zero-order chi connectivity index (χ0) is 64.0. The molecule has 0 unspecified atom stereocenters. The van der Waals surface area contributed by atoms with Crippen molar-refractivity contribution in [3.63, 3.8) is 0 Å². The molecule has 0 radical (unpaired) electrons. The topological polar surface area (TPSA) is 378 Å². The number of carboxylic acids is 1. The van der Waals surface area contributed by atoms with Gasteiger partial charge in [-0.05, 0) is 85.2 Å². The van der Waals surface area contributed by atoms with Crippen LogP contribution in [0, 0.1) is 0 Å². The number of carboxylic acid groups (broad SMARTS) is 1. The van der Waals surface area contributed by atoms with Gasteiger partial charge in [-0.2, -0.15) is 0 Å². The van der Waals surface area contributed by atoms with Gasteiger partial charge in [0.05, 0.1) is 12.1 Å². The van der Waals surface area contributed by atoms with E-state index in [1.807, 2.05) is 24.3 Å². The molecule has 472 valence electrons. The Kier molecular flexibility index (Phi) is 25.5. The van der Waals surface area contributed by atoms with Gasteiger partial charge in [0.1, 0.15) is 54.1 Å². The van der Waals surface area contributed by atoms with Crippen LogP contribution >= 0.6 is 21.6 Å². The molecule has 1 saturated heterocycles. The summed E-state index contributed by atoms with van der Waals surface area (Å²) in [6.07, 6.45) is 0.342. The number of rotatable bonds is 18. The van der Waals surface area contributed by atoms with E-state index in [2.05, 4.69) is 47.5 Å². The van der Waals surface area contributed by atoms with E-state index in [9.17, 15) is 44.1 Å². The summed E-state index contributed by atoms with van der Waals surface area (Å²) in [6.45, 7) is 3.17. The number of phenolic OH excluding ortho intramolecular Hbond substituents is 1. The Bertz CT molecular complexity index is 3360. The summed E-state index contributed by atoms with van der Waals surface area (Å²) < 4.78 is 0. The van der Waals surface area contributed by atoms with Gasteiger partial charge >= 0.3 is 5.97 Å². The summed E-state index contributed by atoms with van der Waals surface area (Å²) in [6, 6.07) is 26.0. The van der Waals surface area contributed by atoms with Gasteiger partial charge in [-0.1, -0.05) is 150 Å². The molecule has 23 nitrogen and oxygen atoms in total. The average Bonchev–Trinajstić information content (AvgIpc) is 2.71. The smallest absolute Gasteiger partial charge is 0.327 e. The lowest BCUT2D eigenvalue weighted by molar-refractivity contribution is -0.141. The second-order valence-electron chi connectivity index (χ2n) is 21.9. The highest BCUT2D eigenvalue weighted by molar-refractivity contribution is 8.76. The van der Waals surface area contributed by atoms with Gasteiger partial charge in [-0.15, -0.1) is 0 Å². The number of unbranched alkanes of at least 4 members (excludes halogenated alkanes) is 1. The van der Waals surface area contributed by atoms with Crippen molar-refractivity contribution in [1.82, 2.24) is 47.5 Å². The largest absolute Gasteiger partial charge is 0.508 e. The molecule has 16 N–H and O–H groups in total. The van der Waals surface area contributed by atoms with Crippen LogP contribution in [-0.4, -0.2) is 152 Å². The SMILES string of the molecule is C[C@@H](O)[C@H]1NC(=O)[C@H](CCCCN)NC(=O)[C@@H]([C@@H](C)c2c[nH]c3ccccc23)NC(=O)[C@H](Cc2ccccc2)NC(=O)[C@H](Cc2ccccc2)NC(=O)[C@@H](NC(=O)[C@@H](N)Cc2ccc(O)cc2)CSSC[C@@H](C(=O)O)NC(=O)[C@H](Cc2ccccc2)NC1=O. The number of benzene rings is 5. The Morgan fingerprint density at radius 2 is 1.03 bits per heavy atom. The predicted octanol–water partition coefficient (Wildman–Crippen LogP) is 2.14. The van der Waals surface area contributed by atoms with Crippen LogP contribution in [0.2, 0.25) is 0 Å². The quantitative estimate of drug-likeness (QED) is 0.0433. The van der Waals surface area contributed by atoms with Crippen LogP contribution in [-0.2, 0) is 68.8 Å². The molecule has 8 amide bonds. The third-order valence-electron chi connectivity index (χ3n) is 15.1. The van der Waals surface area contributed by atoms with E-state index in [0.29, 0.717) is 40.7 Å². The van der Waals surface area contributed by atoms with Crippen LogP contribution in [0.4, 0.5) is 0 Å². The molecule has 7 rings (SSSR count). The maximum Gasteiger partial charge on any atom is 0.327 e. The first-order chi connectivity index (χ1) is 42.8. The molecule has 0 aliphatic carbocycles. The Morgan fingerprint density at radius 3 is 1.60 bits per heavy atom. The van der Waals surface area contributed by atoms with Crippen LogP contribution in [0.15, 0.2) is 146 Å². The highest BCUT2D eigenvalue weighted by Crippen LogP contribution is 2.29. The number of aromatic hydroxyl groups is 1. The number of phenols is 1. The van der Waals surface area contributed by atoms with Gasteiger partial charge in [0.25, 0.3) is 0 Å². The summed E-state index contributed by atoms with van der Waals surface area (Å²) in [5.41, 5.74) is 16.0. The number of hydrogen-bond acceptors (Lipinski definition) is 15. The first-order valence-electron chi connectivity index (χ1n) is 29.3. The first-order valence-corrected chi connectivity index (χ1v) is 31.8. The van der Waals surface area contributed by atoms with Crippen LogP contribution in [0.1, 0.15) is 66.8 Å². The van der Waals surface area contributed by atoms with Crippen LogP contribution in [0.3, 0.4) is 0 Å². The number of carbonyl (C=O) groups is 9. The first kappa shape index (κ1) is 67.8. The van der Waals surface area contributed by atoms with Crippen molar-refractivity contribution in [2.24, 2.45) is 11.5 Å². The van der Waals surface area contributed by atoms with E-state index in [1.165, 1.54) is 19.1 Å². The number of aromatic nitrogens is 1. The van der Waals surface area contributed by atoms with Crippen LogP contribution in [0.25, 0.3) is 10.9 Å². The molecular formula is C64H77N11O12S2. The van der Waals surface area contributed by atoms with Crippen molar-refractivity contribution < 1.29 is 58.5 Å². The monoisotopic (exact) mass is 1260 g/mol. The van der Waals surface area contributed by atoms with Crippen LogP contribution < -0.4 is 54.0 Å². The number of amides is 8. The Balaban J connectivity index is 1.31. The number of aliphatic hydroxyl groups is 1. The Hall–Kier alpha value is -8.75. The van der Waals surface area contributed by atoms with E-state index < -0.39 is 120 Å². The number of aliphatic hydroxyl groups excluding tert-OH is 1. The number of aliphatic carboxylic acids is 1. The van der Waals surface area contributed by atoms with Gasteiger partial charge in [0.15, 0.2) is 0 Å². The average molecular weight is 1260 g/mol. The molecule has 6 aromatic rings. The molecule has 5 aromatic carbocycles. The van der Waals surface area contributed by atoms with Gasteiger partial charge in [0.2, 0.25) is 47.3 Å². The van der Waals surface area contributed by atoms with E-state index in [0.717, 1.165) is 32.5 Å². The summed E-state index contributed by atoms with van der Waals surface area (Å²) in [7, 11) is 1.89. The van der Waals surface area contributed by atoms with Crippen molar-refractivity contribution in [3.05, 3.63) is 174 Å². The fourth-order valence-electron chi connectivity index (χ4n) is 10.1. The van der Waals surface area contributed by atoms with Crippen molar-refractivity contribution >= 4 is 85.7 Å². The molecule has 0 saturated carbocycles. The third kappa shape index (κ3) is 20.1. The van der Waals surface area contributed by atoms with Gasteiger partial charge in [-0.3, -0.25) is 38.4 Å². The summed E-state index contributed by atoms with van der Waals surface area (Å²) >= 11 is 0. The van der Waals surface area contributed by atoms with Crippen molar-refractivity contribution in [1.29, 1.82) is 0 Å². The van der Waals surface area contributed by atoms with Crippen molar-refractivity contribution in [2.45, 2.75) is 125 Å². The maximum absolute atomic E-state index is 15.3. The molecule has 0 spiro atoms. The lowest BCUT2D eigenvalue weighted by Crippen LogP contribution is -2.62. The van der Waals surface area contributed by atoms with E-state index in [1.54, 1.807) is 116 Å². The lowest BCUT2D eigenvalue weighted by atomic mass is 9.91. The lowest BCUT2D eigenvalue weighted by Gasteiger charge is -2.30. The normalized spacial score (nSPS) is 22.6. The summed E-state index contributed by atoms with van der Waals surface area (Å²) in [4.78, 5) is 134. The number of nitrogens with one attached hydrogen (secondary N) is 9. The fourth-order valence-corrected chi connectivity index (χ4v) is 12.4. The number of carbonyl (C=O) groups excluding carboxylic acids is 8. The molecule has 89 heavy (non-hydrogen) atoms. The van der Waals surface area contributed by atoms with Crippen LogP contribution in [0.5, 0.6) is 5.75 Å². The molecule has 1 aromatic heterocycles. The van der Waals surface area contributed by atoms with Gasteiger partial charge in [0, 0.05) is 53.8 Å². The summed E-state index contributed by atoms with van der Waals surface area (Å²) in [5, 5.41) is 53.9. The molecular weight excluding hydrogens is 1180 g/mol. The molecule has 0 bridgehead atoms. The number of aromatic amines is 1. The second-order valence-corrected chi connectivity index (χ2v) is 24.4. The highest BCUT2D eigenvalue weighted by Gasteiger charge is 2.39. The standard InChI is InChI=1S/C64H77N11O12S2/c1-37(45-34-67-47-23-13-12-22-44(45)47)54-62(84)68-48(24-14-15-29-65)57(79)75-55(38(2)76)63(85)71-50(32-40-18-8-4-9-19-40)59(81)73-53(64(86)87)36-89-88-35-52(72-56(78)46(66)30-42-25-27-43(77)28-26-42)61(83)70-49(31-39-16-6-3-7-17-39)58(80)69-51(60(82)74-54)33-41-20-10-5-11-21-41/h3-13,16-23,25-28,34,37-38,46,48-55,67,76-77H,14-15,24,29-33,35-36,65-66H2,1-2H3,(H,68,84)(H,69,80)(H,70,83)(H,71,85)(H,72,78)(H,73,81)(H,74,82)(H,75,79)(H,86,87)/t37-,38+,46-,48-,49-,50-,51-,52-,53-,54+,55+/m0/s1. The molecule has 1 aliphatic heterocycles. The number of hydrogen-bond donors (Lipinski definition) is 14. The zero-order valence-electron chi connectivity index (χ0n) is 49.3. The minimum absolute atomic E-state index is 0.00814. The van der Waals surface area contributed by atoms with Crippen molar-refractivity contribution in [2.75, 3.05) is 18.1 Å². The van der Waals surface area contributed by atoms with Crippen molar-refractivity contribution in [3.8, 4) is 5.75 Å². The maximum atomic E-state index is 15.3. The molecule has 1 aliphatic rings. The number of fused-ring (bicyclic) bond motifs is 1. The number of H-pyrrole nitrogens is 1. The molecule has 1 fully saturated rings. The fraction of sp³-hybridized carbons (Fsp3) is 0.359.